The Balaban J connectivity index is 2.02. The van der Waals surface area contributed by atoms with Crippen molar-refractivity contribution >= 4 is 5.69 Å². The lowest BCUT2D eigenvalue weighted by atomic mass is 10.4. The Labute approximate surface area is 88.5 Å². The topological polar surface area (TPSA) is 61.7 Å². The summed E-state index contributed by atoms with van der Waals surface area (Å²) in [5.74, 6) is 1.06. The highest BCUT2D eigenvalue weighted by atomic mass is 15.3. The van der Waals surface area contributed by atoms with Crippen molar-refractivity contribution in [3.63, 3.8) is 0 Å². The quantitative estimate of drug-likeness (QED) is 0.804. The highest BCUT2D eigenvalue weighted by molar-refractivity contribution is 5.39. The second-order valence-corrected chi connectivity index (χ2v) is 3.64. The Bertz CT molecular complexity index is 435. The number of hydrogen-bond donors (Lipinski definition) is 1. The lowest BCUT2D eigenvalue weighted by molar-refractivity contribution is 0.586. The minimum Gasteiger partial charge on any atom is -0.396 e. The zero-order valence-corrected chi connectivity index (χ0v) is 9.01. The van der Waals surface area contributed by atoms with Gasteiger partial charge in [-0.25, -0.2) is 4.98 Å². The third-order valence-corrected chi connectivity index (χ3v) is 2.47. The molecule has 0 spiro atoms. The first-order chi connectivity index (χ1) is 7.16. The molecule has 0 bridgehead atoms. The number of anilines is 1. The molecule has 15 heavy (non-hydrogen) atoms. The van der Waals surface area contributed by atoms with Crippen molar-refractivity contribution in [1.29, 1.82) is 0 Å². The van der Waals surface area contributed by atoms with Crippen LogP contribution in [0.25, 0.3) is 0 Å². The van der Waals surface area contributed by atoms with Gasteiger partial charge in [-0.3, -0.25) is 4.68 Å². The van der Waals surface area contributed by atoms with Crippen LogP contribution in [0.1, 0.15) is 11.5 Å². The molecule has 0 saturated heterocycles. The largest absolute Gasteiger partial charge is 0.396 e. The third kappa shape index (κ3) is 2.01. The van der Waals surface area contributed by atoms with Crippen LogP contribution in [0.5, 0.6) is 0 Å². The summed E-state index contributed by atoms with van der Waals surface area (Å²) in [5, 5.41) is 4.29. The molecule has 2 aromatic heterocycles. The summed E-state index contributed by atoms with van der Waals surface area (Å²) >= 11 is 0. The first-order valence-electron chi connectivity index (χ1n) is 4.92. The van der Waals surface area contributed by atoms with Crippen molar-refractivity contribution in [2.24, 2.45) is 7.05 Å². The number of nitrogens with zero attached hydrogens (tertiary/aromatic N) is 4. The van der Waals surface area contributed by atoms with Crippen LogP contribution in [0, 0.1) is 6.92 Å². The van der Waals surface area contributed by atoms with Gasteiger partial charge >= 0.3 is 0 Å². The zero-order valence-electron chi connectivity index (χ0n) is 9.01. The summed E-state index contributed by atoms with van der Waals surface area (Å²) in [5.41, 5.74) is 7.34. The van der Waals surface area contributed by atoms with Crippen LogP contribution in [0.2, 0.25) is 0 Å². The molecule has 80 valence electrons. The van der Waals surface area contributed by atoms with Gasteiger partial charge in [0.15, 0.2) is 0 Å². The van der Waals surface area contributed by atoms with E-state index in [2.05, 4.69) is 10.1 Å². The Morgan fingerprint density at radius 1 is 1.47 bits per heavy atom. The molecule has 2 aromatic rings. The monoisotopic (exact) mass is 205 g/mol. The van der Waals surface area contributed by atoms with Gasteiger partial charge in [0.05, 0.1) is 11.4 Å². The third-order valence-electron chi connectivity index (χ3n) is 2.47. The molecule has 0 aliphatic heterocycles. The normalized spacial score (nSPS) is 10.8. The molecule has 2 heterocycles. The Hall–Kier alpha value is -1.78. The predicted octanol–water partition coefficient (Wildman–Crippen LogP) is 0.750. The summed E-state index contributed by atoms with van der Waals surface area (Å²) in [6.07, 6.45) is 6.47. The fourth-order valence-electron chi connectivity index (χ4n) is 1.50. The second-order valence-electron chi connectivity index (χ2n) is 3.64. The average Bonchev–Trinajstić information content (AvgIpc) is 2.72. The average molecular weight is 205 g/mol. The maximum atomic E-state index is 5.72. The van der Waals surface area contributed by atoms with E-state index >= 15 is 0 Å². The standard InChI is InChI=1S/C10H15N5/c1-8-9(11)7-15(13-8)5-3-10-12-4-6-14(10)2/h4,6-7H,3,5,11H2,1-2H3. The van der Waals surface area contributed by atoms with Crippen molar-refractivity contribution in [3.8, 4) is 0 Å². The van der Waals surface area contributed by atoms with Crippen molar-refractivity contribution in [2.75, 3.05) is 5.73 Å². The van der Waals surface area contributed by atoms with Crippen LogP contribution >= 0.6 is 0 Å². The second kappa shape index (κ2) is 3.76. The summed E-state index contributed by atoms with van der Waals surface area (Å²) < 4.78 is 3.87. The van der Waals surface area contributed by atoms with Crippen molar-refractivity contribution in [1.82, 2.24) is 19.3 Å². The maximum Gasteiger partial charge on any atom is 0.110 e. The van der Waals surface area contributed by atoms with Crippen LogP contribution in [0.15, 0.2) is 18.6 Å². The Kier molecular flexibility index (Phi) is 2.45. The number of aryl methyl sites for hydroxylation is 4. The van der Waals surface area contributed by atoms with Gasteiger partial charge in [-0.15, -0.1) is 0 Å². The fourth-order valence-corrected chi connectivity index (χ4v) is 1.50. The zero-order chi connectivity index (χ0) is 10.8. The van der Waals surface area contributed by atoms with E-state index < -0.39 is 0 Å². The molecule has 2 rings (SSSR count). The molecule has 0 aromatic carbocycles. The van der Waals surface area contributed by atoms with Crippen molar-refractivity contribution in [3.05, 3.63) is 30.1 Å². The number of nitrogen functional groups attached to an aromatic ring is 1. The highest BCUT2D eigenvalue weighted by Gasteiger charge is 2.03. The lowest BCUT2D eigenvalue weighted by Crippen LogP contribution is -2.06. The molecule has 5 nitrogen and oxygen atoms in total. The van der Waals surface area contributed by atoms with Gasteiger partial charge in [0.2, 0.25) is 0 Å². The number of rotatable bonds is 3. The number of aromatic nitrogens is 4. The molecule has 0 radical (unpaired) electrons. The minimum atomic E-state index is 0.745. The first kappa shape index (κ1) is 9.76. The predicted molar refractivity (Wildman–Crippen MR) is 58.3 cm³/mol. The van der Waals surface area contributed by atoms with E-state index in [9.17, 15) is 0 Å². The molecule has 0 unspecified atom stereocenters. The van der Waals surface area contributed by atoms with E-state index in [0.717, 1.165) is 30.2 Å². The van der Waals surface area contributed by atoms with E-state index in [-0.39, 0.29) is 0 Å². The van der Waals surface area contributed by atoms with E-state index in [1.807, 2.05) is 35.6 Å². The van der Waals surface area contributed by atoms with E-state index in [1.54, 1.807) is 6.20 Å². The fraction of sp³-hybridized carbons (Fsp3) is 0.400. The van der Waals surface area contributed by atoms with Crippen LogP contribution in [-0.2, 0) is 20.0 Å². The molecule has 0 atom stereocenters. The number of nitrogens with two attached hydrogens (primary N) is 1. The SMILES string of the molecule is Cc1nn(CCc2nccn2C)cc1N. The Morgan fingerprint density at radius 2 is 2.27 bits per heavy atom. The van der Waals surface area contributed by atoms with Crippen LogP contribution in [0.3, 0.4) is 0 Å². The van der Waals surface area contributed by atoms with Gasteiger partial charge in [0, 0.05) is 38.6 Å². The minimum absolute atomic E-state index is 0.745. The van der Waals surface area contributed by atoms with E-state index in [4.69, 9.17) is 5.73 Å². The molecule has 0 aliphatic carbocycles. The molecule has 2 N–H and O–H groups in total. The van der Waals surface area contributed by atoms with E-state index in [1.165, 1.54) is 0 Å². The highest BCUT2D eigenvalue weighted by Crippen LogP contribution is 2.07. The maximum absolute atomic E-state index is 5.72. The van der Waals surface area contributed by atoms with Crippen molar-refractivity contribution in [2.45, 2.75) is 19.9 Å². The summed E-state index contributed by atoms with van der Waals surface area (Å²) in [7, 11) is 1.99. The van der Waals surface area contributed by atoms with Gasteiger partial charge in [0.1, 0.15) is 5.82 Å². The lowest BCUT2D eigenvalue weighted by Gasteiger charge is -2.01. The molecule has 0 saturated carbocycles. The molecule has 0 fully saturated rings. The first-order valence-corrected chi connectivity index (χ1v) is 4.92. The van der Waals surface area contributed by atoms with E-state index in [0.29, 0.717) is 0 Å². The summed E-state index contributed by atoms with van der Waals surface area (Å²) in [4.78, 5) is 4.25. The van der Waals surface area contributed by atoms with Gasteiger partial charge < -0.3 is 10.3 Å². The number of imidazole rings is 1. The Morgan fingerprint density at radius 3 is 2.80 bits per heavy atom. The molecule has 0 aliphatic rings. The van der Waals surface area contributed by atoms with Gasteiger partial charge in [0.25, 0.3) is 0 Å². The van der Waals surface area contributed by atoms with Crippen LogP contribution in [0.4, 0.5) is 5.69 Å². The molecular formula is C10H15N5. The smallest absolute Gasteiger partial charge is 0.110 e. The van der Waals surface area contributed by atoms with Gasteiger partial charge in [-0.05, 0) is 6.92 Å². The van der Waals surface area contributed by atoms with Crippen molar-refractivity contribution < 1.29 is 0 Å². The number of hydrogen-bond acceptors (Lipinski definition) is 3. The van der Waals surface area contributed by atoms with Crippen LogP contribution in [-0.4, -0.2) is 19.3 Å². The molecule has 5 heteroatoms. The molecule has 0 amide bonds. The molecular weight excluding hydrogens is 190 g/mol. The summed E-state index contributed by atoms with van der Waals surface area (Å²) in [6, 6.07) is 0. The van der Waals surface area contributed by atoms with Gasteiger partial charge in [-0.2, -0.15) is 5.10 Å². The summed E-state index contributed by atoms with van der Waals surface area (Å²) in [6.45, 7) is 2.72. The van der Waals surface area contributed by atoms with Gasteiger partial charge in [-0.1, -0.05) is 0 Å². The van der Waals surface area contributed by atoms with Crippen LogP contribution < -0.4 is 5.73 Å².